The molecule has 262 valence electrons. The topological polar surface area (TPSA) is 6.48 Å². The number of para-hydroxylation sites is 2. The molecule has 8 aromatic rings. The van der Waals surface area contributed by atoms with Gasteiger partial charge in [0.25, 0.3) is 0 Å². The van der Waals surface area contributed by atoms with E-state index in [4.69, 9.17) is 0 Å². The molecule has 4 unspecified atom stereocenters. The molecule has 0 N–H and O–H groups in total. The average molecular weight is 697 g/mol. The first-order valence-electron chi connectivity index (χ1n) is 20.2. The SMILES string of the molecule is CC12CCCC1c1cc(-c3cc4ccc5cc(-c6ccc7c(c6)C6CCCC6(C)N7c6ccccc6)cc6ccc(c3)c4c56)ccc1N2c1ccccc1. The second-order valence-electron chi connectivity index (χ2n) is 17.2. The molecule has 2 aliphatic carbocycles. The molecule has 2 saturated carbocycles. The summed E-state index contributed by atoms with van der Waals surface area (Å²) in [4.78, 5) is 5.29. The smallest absolute Gasteiger partial charge is 0.0492 e. The summed E-state index contributed by atoms with van der Waals surface area (Å²) < 4.78 is 0. The number of benzene rings is 8. The first-order valence-corrected chi connectivity index (χ1v) is 20.2. The molecule has 0 aromatic heterocycles. The van der Waals surface area contributed by atoms with Crippen molar-refractivity contribution in [3.05, 3.63) is 157 Å². The third kappa shape index (κ3) is 4.12. The third-order valence-electron chi connectivity index (χ3n) is 14.4. The summed E-state index contributed by atoms with van der Waals surface area (Å²) in [6.45, 7) is 4.98. The van der Waals surface area contributed by atoms with Gasteiger partial charge in [0.05, 0.1) is 0 Å². The molecule has 2 heteroatoms. The van der Waals surface area contributed by atoms with E-state index in [0.29, 0.717) is 11.8 Å². The van der Waals surface area contributed by atoms with Gasteiger partial charge in [0.1, 0.15) is 0 Å². The van der Waals surface area contributed by atoms with Crippen molar-refractivity contribution in [3.8, 4) is 22.3 Å². The molecule has 54 heavy (non-hydrogen) atoms. The number of anilines is 4. The van der Waals surface area contributed by atoms with E-state index in [-0.39, 0.29) is 11.1 Å². The van der Waals surface area contributed by atoms with Gasteiger partial charge in [-0.25, -0.2) is 0 Å². The first kappa shape index (κ1) is 30.8. The van der Waals surface area contributed by atoms with Crippen LogP contribution in [0.2, 0.25) is 0 Å². The van der Waals surface area contributed by atoms with E-state index < -0.39 is 0 Å². The van der Waals surface area contributed by atoms with E-state index in [0.717, 1.165) is 0 Å². The van der Waals surface area contributed by atoms with Gasteiger partial charge < -0.3 is 9.80 Å². The molecule has 0 spiro atoms. The van der Waals surface area contributed by atoms with E-state index in [9.17, 15) is 0 Å². The van der Waals surface area contributed by atoms with Gasteiger partial charge in [0.15, 0.2) is 0 Å². The normalized spacial score (nSPS) is 24.1. The Hall–Kier alpha value is -5.60. The fourth-order valence-corrected chi connectivity index (χ4v) is 12.0. The van der Waals surface area contributed by atoms with Gasteiger partial charge in [-0.15, -0.1) is 0 Å². The average Bonchev–Trinajstić information content (AvgIpc) is 3.92. The Labute approximate surface area is 318 Å². The number of rotatable bonds is 4. The maximum absolute atomic E-state index is 2.65. The van der Waals surface area contributed by atoms with Crippen molar-refractivity contribution in [1.82, 2.24) is 0 Å². The molecule has 2 heterocycles. The van der Waals surface area contributed by atoms with Crippen molar-refractivity contribution >= 4 is 55.1 Å². The van der Waals surface area contributed by atoms with Crippen molar-refractivity contribution in [2.75, 3.05) is 9.80 Å². The highest BCUT2D eigenvalue weighted by Crippen LogP contribution is 2.60. The molecule has 2 fully saturated rings. The predicted molar refractivity (Wildman–Crippen MR) is 228 cm³/mol. The van der Waals surface area contributed by atoms with Crippen molar-refractivity contribution in [1.29, 1.82) is 0 Å². The van der Waals surface area contributed by atoms with Crippen molar-refractivity contribution in [2.24, 2.45) is 0 Å². The molecule has 4 aliphatic rings. The molecule has 2 aliphatic heterocycles. The van der Waals surface area contributed by atoms with Crippen molar-refractivity contribution < 1.29 is 0 Å². The highest BCUT2D eigenvalue weighted by molar-refractivity contribution is 6.24. The van der Waals surface area contributed by atoms with Crippen LogP contribution in [0.5, 0.6) is 0 Å². The molecule has 4 atom stereocenters. The molecular weight excluding hydrogens is 653 g/mol. The predicted octanol–water partition coefficient (Wildman–Crippen LogP) is 14.3. The summed E-state index contributed by atoms with van der Waals surface area (Å²) in [7, 11) is 0. The van der Waals surface area contributed by atoms with Crippen LogP contribution in [0.25, 0.3) is 54.6 Å². The van der Waals surface area contributed by atoms with Crippen LogP contribution < -0.4 is 9.80 Å². The van der Waals surface area contributed by atoms with Crippen LogP contribution in [0.15, 0.2) is 146 Å². The van der Waals surface area contributed by atoms with Crippen LogP contribution in [0, 0.1) is 0 Å². The zero-order valence-electron chi connectivity index (χ0n) is 31.1. The van der Waals surface area contributed by atoms with Crippen LogP contribution in [-0.2, 0) is 0 Å². The Bertz CT molecular complexity index is 2530. The largest absolute Gasteiger partial charge is 0.335 e. The standard InChI is InChI=1S/C52H44N2/c1-51-25-9-15-45(51)43-31-33(21-23-47(43)53(51)41-11-5-3-6-12-41)39-27-35-17-19-37-29-40(30-38-20-18-36(28-39)49(35)50(37)38)34-22-24-48-44(32-34)46-16-10-26-52(46,2)54(48)42-13-7-4-8-14-42/h3-8,11-14,17-24,27-32,45-46H,9-10,15-16,25-26H2,1-2H3. The van der Waals surface area contributed by atoms with Gasteiger partial charge in [-0.1, -0.05) is 85.6 Å². The van der Waals surface area contributed by atoms with Crippen molar-refractivity contribution in [3.63, 3.8) is 0 Å². The summed E-state index contributed by atoms with van der Waals surface area (Å²) in [5.41, 5.74) is 14.0. The highest BCUT2D eigenvalue weighted by atomic mass is 15.2. The maximum atomic E-state index is 2.65. The van der Waals surface area contributed by atoms with E-state index in [1.54, 1.807) is 0 Å². The summed E-state index contributed by atoms with van der Waals surface area (Å²) >= 11 is 0. The van der Waals surface area contributed by atoms with Gasteiger partial charge in [0.2, 0.25) is 0 Å². The van der Waals surface area contributed by atoms with Crippen molar-refractivity contribution in [2.45, 2.75) is 75.3 Å². The monoisotopic (exact) mass is 696 g/mol. The highest BCUT2D eigenvalue weighted by Gasteiger charge is 2.52. The fourth-order valence-electron chi connectivity index (χ4n) is 12.0. The summed E-state index contributed by atoms with van der Waals surface area (Å²) in [5, 5.41) is 8.06. The van der Waals surface area contributed by atoms with Gasteiger partial charge >= 0.3 is 0 Å². The minimum absolute atomic E-state index is 0.133. The minimum atomic E-state index is 0.133. The van der Waals surface area contributed by atoms with E-state index in [2.05, 4.69) is 169 Å². The number of fused-ring (bicyclic) bond motifs is 6. The number of hydrogen-bond donors (Lipinski definition) is 0. The lowest BCUT2D eigenvalue weighted by Crippen LogP contribution is -2.40. The quantitative estimate of drug-likeness (QED) is 0.169. The second kappa shape index (κ2) is 11.0. The summed E-state index contributed by atoms with van der Waals surface area (Å²) in [6, 6.07) is 55.8. The molecule has 2 nitrogen and oxygen atoms in total. The zero-order valence-corrected chi connectivity index (χ0v) is 31.1. The van der Waals surface area contributed by atoms with E-state index in [1.165, 1.54) is 127 Å². The Morgan fingerprint density at radius 1 is 0.426 bits per heavy atom. The van der Waals surface area contributed by atoms with Crippen LogP contribution >= 0.6 is 0 Å². The van der Waals surface area contributed by atoms with Gasteiger partial charge in [-0.05, 0) is 178 Å². The number of nitrogens with zero attached hydrogens (tertiary/aromatic N) is 2. The van der Waals surface area contributed by atoms with Crippen LogP contribution in [0.4, 0.5) is 22.7 Å². The Morgan fingerprint density at radius 2 is 0.815 bits per heavy atom. The van der Waals surface area contributed by atoms with Crippen LogP contribution in [-0.4, -0.2) is 11.1 Å². The molecular formula is C52H44N2. The molecule has 12 rings (SSSR count). The van der Waals surface area contributed by atoms with Gasteiger partial charge in [0, 0.05) is 45.7 Å². The molecule has 8 aromatic carbocycles. The lowest BCUT2D eigenvalue weighted by molar-refractivity contribution is 0.451. The summed E-state index contributed by atoms with van der Waals surface area (Å²) in [5.74, 6) is 1.12. The molecule has 0 radical (unpaired) electrons. The Morgan fingerprint density at radius 3 is 1.20 bits per heavy atom. The van der Waals surface area contributed by atoms with Crippen LogP contribution in [0.1, 0.15) is 75.3 Å². The van der Waals surface area contributed by atoms with Gasteiger partial charge in [-0.3, -0.25) is 0 Å². The van der Waals surface area contributed by atoms with E-state index >= 15 is 0 Å². The maximum Gasteiger partial charge on any atom is 0.0492 e. The second-order valence-corrected chi connectivity index (χ2v) is 17.2. The molecule has 0 bridgehead atoms. The van der Waals surface area contributed by atoms with E-state index in [1.807, 2.05) is 0 Å². The first-order chi connectivity index (χ1) is 26.5. The lowest BCUT2D eigenvalue weighted by Gasteiger charge is -2.37. The zero-order chi connectivity index (χ0) is 35.8. The molecule has 0 saturated heterocycles. The third-order valence-corrected chi connectivity index (χ3v) is 14.4. The minimum Gasteiger partial charge on any atom is -0.335 e. The fraction of sp³-hybridized carbons (Fsp3) is 0.231. The molecule has 0 amide bonds. The summed E-state index contributed by atoms with van der Waals surface area (Å²) in [6.07, 6.45) is 7.56. The Kier molecular flexibility index (Phi) is 6.27. The Balaban J connectivity index is 0.937. The van der Waals surface area contributed by atoms with Crippen LogP contribution in [0.3, 0.4) is 0 Å². The number of hydrogen-bond acceptors (Lipinski definition) is 2. The lowest BCUT2D eigenvalue weighted by atomic mass is 9.85. The van der Waals surface area contributed by atoms with Gasteiger partial charge in [-0.2, -0.15) is 0 Å².